The van der Waals surface area contributed by atoms with Gasteiger partial charge in [0.05, 0.1) is 28.9 Å². The minimum absolute atomic E-state index is 0.0445. The maximum atomic E-state index is 12.2. The second-order valence-electron chi connectivity index (χ2n) is 12.4. The van der Waals surface area contributed by atoms with Crippen molar-refractivity contribution in [2.24, 2.45) is 0 Å². The highest BCUT2D eigenvalue weighted by atomic mass is 32.2. The number of rotatable bonds is 3. The predicted molar refractivity (Wildman–Crippen MR) is 183 cm³/mol. The Morgan fingerprint density at radius 2 is 1.14 bits per heavy atom. The van der Waals surface area contributed by atoms with Crippen LogP contribution in [-0.4, -0.2) is 29.3 Å². The molecule has 0 atom stereocenters. The standard InChI is InChI=1S/C33H41NO4S4/c1-32(2,3)25-13-23-12-24-14-26(33(4,5)6)16-28(31(24)38-8)42-20-40-18-22-11-9-10-21(29(22)34(35)36)17-39-19-41-27(15-25)30(23)37-7/h9-11,13-16H,12,17-20H2,1-8H3. The Bertz CT molecular complexity index is 1350. The van der Waals surface area contributed by atoms with Gasteiger partial charge in [0.15, 0.2) is 0 Å². The van der Waals surface area contributed by atoms with Crippen LogP contribution in [0.2, 0.25) is 0 Å². The first-order valence-corrected chi connectivity index (χ1v) is 18.2. The monoisotopic (exact) mass is 643 g/mol. The fourth-order valence-electron chi connectivity index (χ4n) is 4.96. The summed E-state index contributed by atoms with van der Waals surface area (Å²) < 4.78 is 12.2. The Kier molecular flexibility index (Phi) is 10.8. The highest BCUT2D eigenvalue weighted by Crippen LogP contribution is 2.44. The summed E-state index contributed by atoms with van der Waals surface area (Å²) in [6.45, 7) is 13.4. The van der Waals surface area contributed by atoms with Crippen molar-refractivity contribution in [1.82, 2.24) is 0 Å². The van der Waals surface area contributed by atoms with E-state index in [4.69, 9.17) is 9.47 Å². The second kappa shape index (κ2) is 13.8. The number of nitro groups is 1. The lowest BCUT2D eigenvalue weighted by molar-refractivity contribution is -0.386. The van der Waals surface area contributed by atoms with Gasteiger partial charge in [-0.3, -0.25) is 10.1 Å². The first-order valence-electron chi connectivity index (χ1n) is 13.9. The molecule has 1 aliphatic rings. The number of thioether (sulfide) groups is 4. The van der Waals surface area contributed by atoms with Gasteiger partial charge in [-0.05, 0) is 34.1 Å². The summed E-state index contributed by atoms with van der Waals surface area (Å²) >= 11 is 6.87. The number of fused-ring (bicyclic) bond motifs is 6. The molecule has 0 saturated heterocycles. The van der Waals surface area contributed by atoms with Gasteiger partial charge in [-0.2, -0.15) is 0 Å². The first-order chi connectivity index (χ1) is 19.8. The molecule has 5 nitrogen and oxygen atoms in total. The fourth-order valence-corrected chi connectivity index (χ4v) is 9.32. The highest BCUT2D eigenvalue weighted by Gasteiger charge is 2.25. The van der Waals surface area contributed by atoms with Crippen molar-refractivity contribution < 1.29 is 14.4 Å². The van der Waals surface area contributed by atoms with E-state index in [1.54, 1.807) is 61.3 Å². The van der Waals surface area contributed by atoms with Crippen LogP contribution >= 0.6 is 47.0 Å². The smallest absolute Gasteiger partial charge is 0.277 e. The Labute approximate surface area is 267 Å². The Hall–Kier alpha value is -1.94. The van der Waals surface area contributed by atoms with Crippen molar-refractivity contribution in [1.29, 1.82) is 0 Å². The van der Waals surface area contributed by atoms with Gasteiger partial charge in [0.2, 0.25) is 0 Å². The zero-order valence-electron chi connectivity index (χ0n) is 25.8. The lowest BCUT2D eigenvalue weighted by Gasteiger charge is -2.26. The summed E-state index contributed by atoms with van der Waals surface area (Å²) in [6, 6.07) is 14.8. The predicted octanol–water partition coefficient (Wildman–Crippen LogP) is 10.1. The van der Waals surface area contributed by atoms with E-state index in [9.17, 15) is 10.1 Å². The molecule has 6 bridgehead atoms. The van der Waals surface area contributed by atoms with Crippen LogP contribution in [0.4, 0.5) is 5.69 Å². The molecule has 1 heterocycles. The quantitative estimate of drug-likeness (QED) is 0.206. The summed E-state index contributed by atoms with van der Waals surface area (Å²) in [5.41, 5.74) is 6.48. The van der Waals surface area contributed by atoms with E-state index in [-0.39, 0.29) is 21.4 Å². The summed E-state index contributed by atoms with van der Waals surface area (Å²) in [7, 11) is 3.49. The molecule has 42 heavy (non-hydrogen) atoms. The highest BCUT2D eigenvalue weighted by molar-refractivity contribution is 8.16. The molecule has 9 heteroatoms. The van der Waals surface area contributed by atoms with Gasteiger partial charge in [-0.1, -0.05) is 71.9 Å². The van der Waals surface area contributed by atoms with Crippen molar-refractivity contribution in [2.45, 2.75) is 80.1 Å². The number of nitro benzene ring substituents is 1. The number of methoxy groups -OCH3 is 2. The van der Waals surface area contributed by atoms with Crippen LogP contribution in [-0.2, 0) is 28.8 Å². The van der Waals surface area contributed by atoms with Crippen LogP contribution in [0.3, 0.4) is 0 Å². The molecule has 0 unspecified atom stereocenters. The molecular weight excluding hydrogens is 603 g/mol. The van der Waals surface area contributed by atoms with Crippen LogP contribution < -0.4 is 9.47 Å². The molecule has 1 aliphatic heterocycles. The number of benzene rings is 3. The Balaban J connectivity index is 1.89. The zero-order chi connectivity index (χ0) is 30.7. The van der Waals surface area contributed by atoms with Gasteiger partial charge in [0.1, 0.15) is 11.5 Å². The molecule has 0 spiro atoms. The van der Waals surface area contributed by atoms with E-state index < -0.39 is 0 Å². The maximum absolute atomic E-state index is 12.2. The molecule has 0 radical (unpaired) electrons. The molecule has 3 aromatic carbocycles. The lowest BCUT2D eigenvalue weighted by Crippen LogP contribution is -2.14. The lowest BCUT2D eigenvalue weighted by atomic mass is 9.83. The van der Waals surface area contributed by atoms with E-state index in [0.29, 0.717) is 17.9 Å². The molecule has 3 aromatic rings. The van der Waals surface area contributed by atoms with E-state index in [1.807, 2.05) is 18.2 Å². The third-order valence-electron chi connectivity index (χ3n) is 7.28. The summed E-state index contributed by atoms with van der Waals surface area (Å²) in [6.07, 6.45) is 0.693. The molecule has 0 fully saturated rings. The number of ether oxygens (including phenoxy) is 2. The molecule has 0 aromatic heterocycles. The van der Waals surface area contributed by atoms with Crippen molar-refractivity contribution in [3.8, 4) is 11.5 Å². The SMILES string of the molecule is COc1c2cc(C(C)(C)C)cc1SCSCc1cccc(c1[N+](=O)[O-])CSCSc1cc(C(C)(C)C)cc(c1OC)C2. The van der Waals surface area contributed by atoms with Gasteiger partial charge in [-0.15, -0.1) is 47.0 Å². The van der Waals surface area contributed by atoms with Crippen LogP contribution in [0, 0.1) is 10.1 Å². The summed E-state index contributed by atoms with van der Waals surface area (Å²) in [4.78, 5) is 14.1. The molecule has 0 saturated carbocycles. The van der Waals surface area contributed by atoms with Crippen LogP contribution in [0.1, 0.15) is 74.9 Å². The molecule has 0 N–H and O–H groups in total. The van der Waals surface area contributed by atoms with Gasteiger partial charge in [0, 0.05) is 50.4 Å². The van der Waals surface area contributed by atoms with Crippen LogP contribution in [0.25, 0.3) is 0 Å². The van der Waals surface area contributed by atoms with Crippen LogP contribution in [0.15, 0.2) is 52.3 Å². The van der Waals surface area contributed by atoms with Gasteiger partial charge in [0.25, 0.3) is 5.69 Å². The van der Waals surface area contributed by atoms with Crippen molar-refractivity contribution in [3.63, 3.8) is 0 Å². The molecule has 0 aliphatic carbocycles. The van der Waals surface area contributed by atoms with Gasteiger partial charge < -0.3 is 9.47 Å². The van der Waals surface area contributed by atoms with Crippen molar-refractivity contribution >= 4 is 52.7 Å². The minimum atomic E-state index is -0.214. The number of para-hydroxylation sites is 1. The third kappa shape index (κ3) is 7.76. The van der Waals surface area contributed by atoms with Gasteiger partial charge >= 0.3 is 0 Å². The normalized spacial score (nSPS) is 15.0. The molecule has 226 valence electrons. The first kappa shape index (κ1) is 33.0. The van der Waals surface area contributed by atoms with E-state index in [1.165, 1.54) is 11.1 Å². The average Bonchev–Trinajstić information content (AvgIpc) is 2.91. The topological polar surface area (TPSA) is 61.6 Å². The van der Waals surface area contributed by atoms with E-state index >= 15 is 0 Å². The summed E-state index contributed by atoms with van der Waals surface area (Å²) in [5, 5.41) is 13.7. The maximum Gasteiger partial charge on any atom is 0.277 e. The molecular formula is C33H41NO4S4. The average molecular weight is 644 g/mol. The van der Waals surface area contributed by atoms with Crippen molar-refractivity contribution in [2.75, 3.05) is 24.4 Å². The third-order valence-corrected chi connectivity index (χ3v) is 11.8. The largest absolute Gasteiger partial charge is 0.495 e. The number of hydrogen-bond acceptors (Lipinski definition) is 8. The summed E-state index contributed by atoms with van der Waals surface area (Å²) in [5.74, 6) is 2.94. The second-order valence-corrected chi connectivity index (χ2v) is 17.2. The minimum Gasteiger partial charge on any atom is -0.495 e. The Morgan fingerprint density at radius 1 is 0.714 bits per heavy atom. The van der Waals surface area contributed by atoms with Crippen molar-refractivity contribution in [3.05, 3.63) is 86.0 Å². The van der Waals surface area contributed by atoms with Gasteiger partial charge in [-0.25, -0.2) is 0 Å². The molecule has 0 amide bonds. The fraction of sp³-hybridized carbons (Fsp3) is 0.455. The Morgan fingerprint density at radius 3 is 1.50 bits per heavy atom. The molecule has 4 rings (SSSR count). The van der Waals surface area contributed by atoms with E-state index in [0.717, 1.165) is 53.7 Å². The number of nitrogens with zero attached hydrogens (tertiary/aromatic N) is 1. The van der Waals surface area contributed by atoms with Crippen LogP contribution in [0.5, 0.6) is 11.5 Å². The number of hydrogen-bond donors (Lipinski definition) is 0. The zero-order valence-corrected chi connectivity index (χ0v) is 29.1. The van der Waals surface area contributed by atoms with E-state index in [2.05, 4.69) is 65.8 Å².